The lowest BCUT2D eigenvalue weighted by Crippen LogP contribution is -2.49. The van der Waals surface area contributed by atoms with E-state index in [0.29, 0.717) is 26.4 Å². The first-order valence-corrected chi connectivity index (χ1v) is 6.77. The second-order valence-electron chi connectivity index (χ2n) is 2.30. The Hall–Kier alpha value is -0.583. The van der Waals surface area contributed by atoms with E-state index in [4.69, 9.17) is 27.9 Å². The summed E-state index contributed by atoms with van der Waals surface area (Å²) < 4.78 is 23.4. The summed E-state index contributed by atoms with van der Waals surface area (Å²) >= 11 is 0. The highest BCUT2D eigenvalue weighted by Gasteiger charge is 2.44. The smallest absolute Gasteiger partial charge is 0.351 e. The molecule has 0 heterocycles. The van der Waals surface area contributed by atoms with Crippen molar-refractivity contribution in [2.45, 2.75) is 27.7 Å². The van der Waals surface area contributed by atoms with E-state index < -0.39 is 9.05 Å². The van der Waals surface area contributed by atoms with Crippen molar-refractivity contribution < 1.29 is 28.4 Å². The molecule has 0 unspecified atom stereocenters. The minimum absolute atomic E-state index is 0. The van der Waals surface area contributed by atoms with Gasteiger partial charge in [-0.25, -0.2) is 0 Å². The Kier molecular flexibility index (Phi) is 19.7. The van der Waals surface area contributed by atoms with Crippen molar-refractivity contribution in [3.8, 4) is 0 Å². The van der Waals surface area contributed by atoms with Crippen molar-refractivity contribution >= 4 is 9.05 Å². The molecule has 0 amide bonds. The Morgan fingerprint density at radius 1 is 0.882 bits per heavy atom. The fraction of sp³-hybridized carbons (Fsp3) is 1.00. The van der Waals surface area contributed by atoms with E-state index in [0.717, 1.165) is 0 Å². The summed E-state index contributed by atoms with van der Waals surface area (Å²) in [5, 5.41) is 7.88. The van der Waals surface area contributed by atoms with E-state index >= 15 is 0 Å². The Balaban J connectivity index is -0.000000440. The van der Waals surface area contributed by atoms with E-state index in [2.05, 4.69) is 0 Å². The molecular weight excluding hydrogens is 252 g/mol. The van der Waals surface area contributed by atoms with Gasteiger partial charge >= 0.3 is 9.05 Å². The monoisotopic (exact) mass is 272 g/mol. The zero-order valence-corrected chi connectivity index (χ0v) is 11.6. The predicted octanol–water partition coefficient (Wildman–Crippen LogP) is 0.327. The van der Waals surface area contributed by atoms with Crippen LogP contribution in [0.4, 0.5) is 0 Å². The molecule has 0 aromatic heterocycles. The summed E-state index contributed by atoms with van der Waals surface area (Å²) in [5.74, 6) is 0. The van der Waals surface area contributed by atoms with Crippen LogP contribution in [-0.2, 0) is 23.2 Å². The lowest BCUT2D eigenvalue weighted by Gasteiger charge is -2.26. The topological polar surface area (TPSA) is 117 Å². The third-order valence-corrected chi connectivity index (χ3v) is 3.85. The lowest BCUT2D eigenvalue weighted by atomic mass is 10.9. The second kappa shape index (κ2) is 15.4. The summed E-state index contributed by atoms with van der Waals surface area (Å²) in [6.45, 7) is 9.80. The minimum Gasteiger partial charge on any atom is -0.351 e. The fourth-order valence-electron chi connectivity index (χ4n) is 0.957. The van der Waals surface area contributed by atoms with Gasteiger partial charge in [0.15, 0.2) is 4.75 Å². The quantitative estimate of drug-likeness (QED) is 0.272. The highest BCUT2D eigenvalue weighted by molar-refractivity contribution is 6.53. The van der Waals surface area contributed by atoms with Gasteiger partial charge in [0.1, 0.15) is 0 Å². The Morgan fingerprint density at radius 3 is 1.18 bits per heavy atom. The summed E-state index contributed by atoms with van der Waals surface area (Å²) in [6.07, 6.45) is 0. The van der Waals surface area contributed by atoms with Crippen LogP contribution >= 0.6 is 0 Å². The maximum Gasteiger partial charge on any atom is 0.679 e. The zero-order valence-electron chi connectivity index (χ0n) is 10.6. The summed E-state index contributed by atoms with van der Waals surface area (Å²) in [6, 6.07) is 0. The molecule has 17 heavy (non-hydrogen) atoms. The van der Waals surface area contributed by atoms with Gasteiger partial charge in [-0.1, -0.05) is 10.2 Å². The third-order valence-electron chi connectivity index (χ3n) is 1.28. The second-order valence-corrected chi connectivity index (χ2v) is 4.45. The first kappa shape index (κ1) is 21.7. The lowest BCUT2D eigenvalue weighted by molar-refractivity contribution is -0.284. The molecule has 0 fully saturated rings. The van der Waals surface area contributed by atoms with Gasteiger partial charge in [0.25, 0.3) is 0 Å². The summed E-state index contributed by atoms with van der Waals surface area (Å²) in [7, 11) is -2.80. The maximum absolute atomic E-state index is 7.88. The molecule has 0 spiro atoms. The van der Waals surface area contributed by atoms with Crippen LogP contribution in [0.15, 0.2) is 0 Å². The van der Waals surface area contributed by atoms with Crippen LogP contribution in [0.3, 0.4) is 0 Å². The number of hydrogen-bond donors (Lipinski definition) is 0. The minimum atomic E-state index is -2.80. The highest BCUT2D eigenvalue weighted by Crippen LogP contribution is 2.11. The highest BCUT2D eigenvalue weighted by atomic mass is 28.4. The molecule has 0 rings (SSSR count). The van der Waals surface area contributed by atoms with Crippen LogP contribution in [-0.4, -0.2) is 35.5 Å². The van der Waals surface area contributed by atoms with Gasteiger partial charge in [-0.15, -0.1) is 0 Å². The van der Waals surface area contributed by atoms with Crippen molar-refractivity contribution in [1.82, 2.24) is 0 Å². The number of hydrogen-bond acceptors (Lipinski definition) is 6. The average molecular weight is 272 g/mol. The van der Waals surface area contributed by atoms with Crippen molar-refractivity contribution in [1.29, 1.82) is 0 Å². The van der Waals surface area contributed by atoms with E-state index in [9.17, 15) is 0 Å². The van der Waals surface area contributed by atoms with Gasteiger partial charge in [-0.05, 0) is 27.7 Å². The Morgan fingerprint density at radius 2 is 1.06 bits per heavy atom. The van der Waals surface area contributed by atoms with Crippen molar-refractivity contribution in [3.05, 3.63) is 9.71 Å². The molecule has 0 saturated heterocycles. The molecule has 0 aromatic rings. The first-order valence-electron chi connectivity index (χ1n) is 5.13. The molecule has 0 bridgehead atoms. The largest absolute Gasteiger partial charge is 0.679 e. The van der Waals surface area contributed by atoms with Crippen molar-refractivity contribution in [2.75, 3.05) is 26.4 Å². The van der Waals surface area contributed by atoms with E-state index in [1.54, 1.807) is 4.75 Å². The molecule has 9 heteroatoms. The maximum atomic E-state index is 7.88. The molecular formula is C8H20O8Si. The van der Waals surface area contributed by atoms with Gasteiger partial charge in [0.2, 0.25) is 0 Å². The summed E-state index contributed by atoms with van der Waals surface area (Å²) in [4.78, 5) is 7.88. The molecule has 8 nitrogen and oxygen atoms in total. The first-order chi connectivity index (χ1) is 7.66. The van der Waals surface area contributed by atoms with Crippen molar-refractivity contribution in [3.63, 3.8) is 0 Å². The molecule has 104 valence electrons. The summed E-state index contributed by atoms with van der Waals surface area (Å²) in [5.41, 5.74) is 0. The van der Waals surface area contributed by atoms with E-state index in [1.807, 2.05) is 27.7 Å². The van der Waals surface area contributed by atoms with Crippen LogP contribution in [0.2, 0.25) is 0 Å². The average Bonchev–Trinajstić information content (AvgIpc) is 2.20. The number of rotatable bonds is 8. The van der Waals surface area contributed by atoms with Crippen LogP contribution in [0.25, 0.3) is 0 Å². The van der Waals surface area contributed by atoms with Crippen LogP contribution in [0.1, 0.15) is 27.7 Å². The van der Waals surface area contributed by atoms with E-state index in [-0.39, 0.29) is 5.48 Å². The normalized spacial score (nSPS) is 9.88. The Bertz CT molecular complexity index is 127. The molecule has 0 aliphatic heterocycles. The standard InChI is InChI=1S/C8H20O4Si.O3.O/c1-5-9-13(10-6-2,11-7-3)12-8-4;1-3-2;/h5-8H2,1-4H3;;. The van der Waals surface area contributed by atoms with Gasteiger partial charge in [-0.3, -0.25) is 0 Å². The molecule has 0 aliphatic rings. The van der Waals surface area contributed by atoms with Crippen LogP contribution < -0.4 is 5.26 Å². The molecule has 0 aliphatic carbocycles. The van der Waals surface area contributed by atoms with Crippen molar-refractivity contribution in [2.24, 2.45) is 0 Å². The SMILES string of the molecule is CCO[Si](OCC)(OCC)OCC.O=[O+][O-].[O]. The van der Waals surface area contributed by atoms with Crippen LogP contribution in [0.5, 0.6) is 0 Å². The van der Waals surface area contributed by atoms with Gasteiger partial charge < -0.3 is 17.7 Å². The third kappa shape index (κ3) is 11.7. The van der Waals surface area contributed by atoms with E-state index in [1.165, 1.54) is 0 Å². The fourth-order valence-corrected chi connectivity index (χ4v) is 2.87. The molecule has 0 N–H and O–H groups in total. The van der Waals surface area contributed by atoms with Gasteiger partial charge in [-0.2, -0.15) is 0 Å². The van der Waals surface area contributed by atoms with Crippen LogP contribution in [0, 0.1) is 9.71 Å². The molecule has 0 aromatic carbocycles. The molecule has 0 saturated carbocycles. The zero-order chi connectivity index (χ0) is 12.9. The van der Waals surface area contributed by atoms with Gasteiger partial charge in [0.05, 0.1) is 0 Å². The Labute approximate surface area is 102 Å². The van der Waals surface area contributed by atoms with Gasteiger partial charge in [0, 0.05) is 31.9 Å². The predicted molar refractivity (Wildman–Crippen MR) is 59.7 cm³/mol. The molecule has 0 atom stereocenters. The molecule has 2 radical (unpaired) electrons.